The Labute approximate surface area is 153 Å². The van der Waals surface area contributed by atoms with Crippen LogP contribution >= 0.6 is 0 Å². The number of amides is 3. The van der Waals surface area contributed by atoms with Gasteiger partial charge in [0.1, 0.15) is 6.54 Å². The summed E-state index contributed by atoms with van der Waals surface area (Å²) in [5.74, 6) is -0.136. The van der Waals surface area contributed by atoms with Gasteiger partial charge in [0.25, 0.3) is 0 Å². The molecule has 3 rings (SSSR count). The fourth-order valence-corrected chi connectivity index (χ4v) is 2.73. The lowest BCUT2D eigenvalue weighted by Gasteiger charge is -2.31. The molecule has 1 aromatic carbocycles. The first-order valence-electron chi connectivity index (χ1n) is 8.17. The van der Waals surface area contributed by atoms with Crippen molar-refractivity contribution in [3.05, 3.63) is 36.0 Å². The molecular formula is C17H18F3N5O2. The smallest absolute Gasteiger partial charge is 0.342 e. The van der Waals surface area contributed by atoms with E-state index in [1.54, 1.807) is 36.2 Å². The molecule has 0 spiro atoms. The molecule has 0 unspecified atom stereocenters. The van der Waals surface area contributed by atoms with Crippen molar-refractivity contribution in [3.63, 3.8) is 0 Å². The standard InChI is InChI=1S/C17H18F3N5O2/c1-23-7-8-25(10-15(23)26)16(27)21-12-5-3-11(4-6-12)13-9-14(17(18,19)20)22-24(13)2/h3-6,9H,7-8,10H2,1-2H3,(H,21,27). The second kappa shape index (κ2) is 6.93. The van der Waals surface area contributed by atoms with Crippen LogP contribution in [-0.4, -0.2) is 58.2 Å². The molecule has 1 aromatic heterocycles. The Morgan fingerprint density at radius 1 is 1.15 bits per heavy atom. The number of hydrogen-bond donors (Lipinski definition) is 1. The third-order valence-electron chi connectivity index (χ3n) is 4.35. The Morgan fingerprint density at radius 3 is 2.37 bits per heavy atom. The molecule has 2 aromatic rings. The van der Waals surface area contributed by atoms with Crippen LogP contribution in [0, 0.1) is 0 Å². The number of aryl methyl sites for hydroxylation is 1. The molecule has 7 nitrogen and oxygen atoms in total. The summed E-state index contributed by atoms with van der Waals surface area (Å²) in [5, 5.41) is 6.17. The molecule has 3 amide bonds. The molecule has 1 fully saturated rings. The molecular weight excluding hydrogens is 363 g/mol. The topological polar surface area (TPSA) is 70.5 Å². The van der Waals surface area contributed by atoms with Crippen LogP contribution in [0.3, 0.4) is 0 Å². The number of carbonyl (C=O) groups excluding carboxylic acids is 2. The van der Waals surface area contributed by atoms with Crippen molar-refractivity contribution in [2.45, 2.75) is 6.18 Å². The average molecular weight is 381 g/mol. The minimum Gasteiger partial charge on any atom is -0.342 e. The van der Waals surface area contributed by atoms with E-state index in [0.29, 0.717) is 30.0 Å². The molecule has 10 heteroatoms. The van der Waals surface area contributed by atoms with Gasteiger partial charge in [0.2, 0.25) is 5.91 Å². The lowest BCUT2D eigenvalue weighted by Crippen LogP contribution is -2.51. The Bertz CT molecular complexity index is 860. The van der Waals surface area contributed by atoms with Crippen molar-refractivity contribution in [1.29, 1.82) is 0 Å². The van der Waals surface area contributed by atoms with Gasteiger partial charge in [-0.25, -0.2) is 4.79 Å². The first-order valence-corrected chi connectivity index (χ1v) is 8.17. The van der Waals surface area contributed by atoms with E-state index in [4.69, 9.17) is 0 Å². The predicted octanol–water partition coefficient (Wildman–Crippen LogP) is 2.41. The van der Waals surface area contributed by atoms with Gasteiger partial charge in [-0.3, -0.25) is 9.48 Å². The molecule has 0 radical (unpaired) electrons. The van der Waals surface area contributed by atoms with Crippen LogP contribution in [0.4, 0.5) is 23.7 Å². The maximum atomic E-state index is 12.8. The first kappa shape index (κ1) is 18.7. The van der Waals surface area contributed by atoms with E-state index in [-0.39, 0.29) is 12.5 Å². The zero-order valence-corrected chi connectivity index (χ0v) is 14.7. The highest BCUT2D eigenvalue weighted by Gasteiger charge is 2.34. The Morgan fingerprint density at radius 2 is 1.81 bits per heavy atom. The monoisotopic (exact) mass is 381 g/mol. The van der Waals surface area contributed by atoms with E-state index in [0.717, 1.165) is 10.7 Å². The van der Waals surface area contributed by atoms with Gasteiger partial charge in [-0.05, 0) is 23.8 Å². The molecule has 0 bridgehead atoms. The summed E-state index contributed by atoms with van der Waals surface area (Å²) in [6.45, 7) is 0.907. The number of aromatic nitrogens is 2. The normalized spacial score (nSPS) is 15.2. The molecule has 1 aliphatic heterocycles. The fraction of sp³-hybridized carbons (Fsp3) is 0.353. The molecule has 0 aliphatic carbocycles. The van der Waals surface area contributed by atoms with E-state index in [1.807, 2.05) is 0 Å². The number of hydrogen-bond acceptors (Lipinski definition) is 3. The van der Waals surface area contributed by atoms with Gasteiger partial charge >= 0.3 is 12.2 Å². The minimum atomic E-state index is -4.51. The average Bonchev–Trinajstić information content (AvgIpc) is 3.00. The number of nitrogens with zero attached hydrogens (tertiary/aromatic N) is 4. The summed E-state index contributed by atoms with van der Waals surface area (Å²) in [6.07, 6.45) is -4.51. The van der Waals surface area contributed by atoms with Gasteiger partial charge < -0.3 is 15.1 Å². The predicted molar refractivity (Wildman–Crippen MR) is 91.9 cm³/mol. The summed E-state index contributed by atoms with van der Waals surface area (Å²) in [7, 11) is 3.11. The molecule has 144 valence electrons. The van der Waals surface area contributed by atoms with Gasteiger partial charge in [-0.2, -0.15) is 18.3 Å². The number of likely N-dealkylation sites (N-methyl/N-ethyl adjacent to an activating group) is 1. The lowest BCUT2D eigenvalue weighted by molar-refractivity contribution is -0.141. The van der Waals surface area contributed by atoms with Crippen molar-refractivity contribution in [3.8, 4) is 11.3 Å². The highest BCUT2D eigenvalue weighted by molar-refractivity contribution is 5.93. The molecule has 1 N–H and O–H groups in total. The van der Waals surface area contributed by atoms with Gasteiger partial charge in [0, 0.05) is 32.9 Å². The van der Waals surface area contributed by atoms with E-state index in [1.165, 1.54) is 11.9 Å². The zero-order chi connectivity index (χ0) is 19.8. The van der Waals surface area contributed by atoms with Crippen LogP contribution in [0.25, 0.3) is 11.3 Å². The summed E-state index contributed by atoms with van der Waals surface area (Å²) in [6, 6.07) is 6.95. The highest BCUT2D eigenvalue weighted by Crippen LogP contribution is 2.31. The first-order chi connectivity index (χ1) is 12.6. The zero-order valence-electron chi connectivity index (χ0n) is 14.7. The number of nitrogens with one attached hydrogen (secondary N) is 1. The van der Waals surface area contributed by atoms with Crippen molar-refractivity contribution >= 4 is 17.6 Å². The largest absolute Gasteiger partial charge is 0.435 e. The van der Waals surface area contributed by atoms with E-state index in [9.17, 15) is 22.8 Å². The van der Waals surface area contributed by atoms with Gasteiger partial charge in [0.05, 0.1) is 5.69 Å². The van der Waals surface area contributed by atoms with Crippen molar-refractivity contribution < 1.29 is 22.8 Å². The third-order valence-corrected chi connectivity index (χ3v) is 4.35. The number of alkyl halides is 3. The third kappa shape index (κ3) is 4.04. The maximum absolute atomic E-state index is 12.8. The van der Waals surface area contributed by atoms with E-state index < -0.39 is 17.9 Å². The second-order valence-electron chi connectivity index (χ2n) is 6.28. The number of urea groups is 1. The Balaban J connectivity index is 1.70. The lowest BCUT2D eigenvalue weighted by atomic mass is 10.1. The van der Waals surface area contributed by atoms with Crippen LogP contribution < -0.4 is 5.32 Å². The van der Waals surface area contributed by atoms with Crippen molar-refractivity contribution in [2.75, 3.05) is 32.0 Å². The Kier molecular flexibility index (Phi) is 4.81. The minimum absolute atomic E-state index is 0.00958. The number of anilines is 1. The van der Waals surface area contributed by atoms with Crippen LogP contribution in [-0.2, 0) is 18.0 Å². The summed E-state index contributed by atoms with van der Waals surface area (Å²) in [5.41, 5.74) is 0.364. The van der Waals surface area contributed by atoms with Crippen LogP contribution in [0.1, 0.15) is 5.69 Å². The van der Waals surface area contributed by atoms with E-state index >= 15 is 0 Å². The number of carbonyl (C=O) groups is 2. The number of benzene rings is 1. The van der Waals surface area contributed by atoms with Crippen LogP contribution in [0.5, 0.6) is 0 Å². The SMILES string of the molecule is CN1CCN(C(=O)Nc2ccc(-c3cc(C(F)(F)F)nn3C)cc2)CC1=O. The summed E-state index contributed by atoms with van der Waals surface area (Å²) >= 11 is 0. The number of rotatable bonds is 2. The molecule has 1 saturated heterocycles. The summed E-state index contributed by atoms with van der Waals surface area (Å²) in [4.78, 5) is 26.9. The van der Waals surface area contributed by atoms with Crippen LogP contribution in [0.2, 0.25) is 0 Å². The van der Waals surface area contributed by atoms with Crippen molar-refractivity contribution in [2.24, 2.45) is 7.05 Å². The molecule has 27 heavy (non-hydrogen) atoms. The second-order valence-corrected chi connectivity index (χ2v) is 6.28. The highest BCUT2D eigenvalue weighted by atomic mass is 19.4. The van der Waals surface area contributed by atoms with Crippen LogP contribution in [0.15, 0.2) is 30.3 Å². The summed E-state index contributed by atoms with van der Waals surface area (Å²) < 4.78 is 39.5. The molecule has 0 atom stereocenters. The van der Waals surface area contributed by atoms with Gasteiger partial charge in [0.15, 0.2) is 5.69 Å². The quantitative estimate of drug-likeness (QED) is 0.869. The van der Waals surface area contributed by atoms with E-state index in [2.05, 4.69) is 10.4 Å². The fourth-order valence-electron chi connectivity index (χ4n) is 2.73. The number of piperazine rings is 1. The molecule has 0 saturated carbocycles. The van der Waals surface area contributed by atoms with Crippen molar-refractivity contribution in [1.82, 2.24) is 19.6 Å². The molecule has 1 aliphatic rings. The molecule has 2 heterocycles. The maximum Gasteiger partial charge on any atom is 0.435 e. The van der Waals surface area contributed by atoms with Gasteiger partial charge in [-0.15, -0.1) is 0 Å². The number of halogens is 3. The van der Waals surface area contributed by atoms with Gasteiger partial charge in [-0.1, -0.05) is 12.1 Å². The Hall–Kier alpha value is -3.04.